The molecule has 1 fully saturated rings. The molecule has 92 valence electrons. The van der Waals surface area contributed by atoms with Gasteiger partial charge in [-0.1, -0.05) is 18.2 Å². The van der Waals surface area contributed by atoms with Gasteiger partial charge in [0.25, 0.3) is 5.69 Å². The Morgan fingerprint density at radius 2 is 2.24 bits per heavy atom. The fraction of sp³-hybridized carbons (Fsp3) is 0.500. The van der Waals surface area contributed by atoms with Crippen molar-refractivity contribution in [2.24, 2.45) is 5.73 Å². The summed E-state index contributed by atoms with van der Waals surface area (Å²) < 4.78 is 0. The molecular weight excluding hydrogens is 218 g/mol. The van der Waals surface area contributed by atoms with E-state index < -0.39 is 0 Å². The zero-order valence-electron chi connectivity index (χ0n) is 9.87. The number of nitro groups is 1. The summed E-state index contributed by atoms with van der Waals surface area (Å²) in [5, 5.41) is 11.0. The molecule has 0 spiro atoms. The van der Waals surface area contributed by atoms with Crippen molar-refractivity contribution in [1.29, 1.82) is 0 Å². The Labute approximate surface area is 100 Å². The van der Waals surface area contributed by atoms with Gasteiger partial charge in [0.05, 0.1) is 4.92 Å². The summed E-state index contributed by atoms with van der Waals surface area (Å²) >= 11 is 0. The molecule has 0 saturated carbocycles. The number of nitro benzene ring substituents is 1. The normalized spacial score (nSPS) is 22.6. The predicted molar refractivity (Wildman–Crippen MR) is 65.7 cm³/mol. The first kappa shape index (κ1) is 12.0. The first-order chi connectivity index (χ1) is 8.09. The maximum Gasteiger partial charge on any atom is 0.274 e. The van der Waals surface area contributed by atoms with Crippen molar-refractivity contribution in [1.82, 2.24) is 4.90 Å². The monoisotopic (exact) mass is 235 g/mol. The molecule has 17 heavy (non-hydrogen) atoms. The van der Waals surface area contributed by atoms with E-state index in [-0.39, 0.29) is 22.7 Å². The van der Waals surface area contributed by atoms with E-state index in [9.17, 15) is 10.1 Å². The van der Waals surface area contributed by atoms with Crippen LogP contribution >= 0.6 is 0 Å². The Balaban J connectivity index is 2.24. The lowest BCUT2D eigenvalue weighted by Gasteiger charge is -2.24. The summed E-state index contributed by atoms with van der Waals surface area (Å²) in [5.74, 6) is 0. The van der Waals surface area contributed by atoms with Crippen molar-refractivity contribution in [3.63, 3.8) is 0 Å². The zero-order chi connectivity index (χ0) is 12.4. The van der Waals surface area contributed by atoms with Crippen LogP contribution < -0.4 is 5.73 Å². The molecule has 5 heteroatoms. The van der Waals surface area contributed by atoms with Crippen molar-refractivity contribution in [2.45, 2.75) is 25.4 Å². The molecule has 0 amide bonds. The van der Waals surface area contributed by atoms with Crippen molar-refractivity contribution in [2.75, 3.05) is 13.1 Å². The summed E-state index contributed by atoms with van der Waals surface area (Å²) in [5.41, 5.74) is 6.83. The third-order valence-corrected chi connectivity index (χ3v) is 3.39. The minimum absolute atomic E-state index is 0.0464. The van der Waals surface area contributed by atoms with Crippen LogP contribution in [0.3, 0.4) is 0 Å². The Morgan fingerprint density at radius 1 is 1.53 bits per heavy atom. The number of nitrogens with two attached hydrogens (primary N) is 1. The van der Waals surface area contributed by atoms with Gasteiger partial charge in [-0.3, -0.25) is 15.0 Å². The van der Waals surface area contributed by atoms with Crippen molar-refractivity contribution in [3.05, 3.63) is 39.9 Å². The van der Waals surface area contributed by atoms with E-state index in [1.807, 2.05) is 19.1 Å². The molecule has 0 aromatic heterocycles. The van der Waals surface area contributed by atoms with Crippen LogP contribution in [-0.4, -0.2) is 29.0 Å². The van der Waals surface area contributed by atoms with Crippen molar-refractivity contribution < 1.29 is 4.92 Å². The van der Waals surface area contributed by atoms with Gasteiger partial charge in [-0.05, 0) is 13.3 Å². The number of para-hydroxylation sites is 1. The second-order valence-corrected chi connectivity index (χ2v) is 4.54. The summed E-state index contributed by atoms with van der Waals surface area (Å²) in [6.45, 7) is 3.72. The average Bonchev–Trinajstić information content (AvgIpc) is 2.75. The minimum atomic E-state index is -0.318. The fourth-order valence-electron chi connectivity index (χ4n) is 2.37. The van der Waals surface area contributed by atoms with Crippen molar-refractivity contribution >= 4 is 5.69 Å². The van der Waals surface area contributed by atoms with Gasteiger partial charge in [0.1, 0.15) is 0 Å². The van der Waals surface area contributed by atoms with E-state index in [0.717, 1.165) is 25.1 Å². The zero-order valence-corrected chi connectivity index (χ0v) is 9.87. The van der Waals surface area contributed by atoms with E-state index >= 15 is 0 Å². The van der Waals surface area contributed by atoms with E-state index in [1.165, 1.54) is 0 Å². The second-order valence-electron chi connectivity index (χ2n) is 4.54. The Morgan fingerprint density at radius 3 is 2.82 bits per heavy atom. The molecule has 1 aromatic carbocycles. The minimum Gasteiger partial charge on any atom is -0.326 e. The van der Waals surface area contributed by atoms with Gasteiger partial charge >= 0.3 is 0 Å². The molecule has 2 unspecified atom stereocenters. The summed E-state index contributed by atoms with van der Waals surface area (Å²) in [4.78, 5) is 12.9. The molecule has 5 nitrogen and oxygen atoms in total. The number of hydrogen-bond donors (Lipinski definition) is 1. The van der Waals surface area contributed by atoms with E-state index in [2.05, 4.69) is 4.90 Å². The van der Waals surface area contributed by atoms with E-state index in [1.54, 1.807) is 12.1 Å². The fourth-order valence-corrected chi connectivity index (χ4v) is 2.37. The van der Waals surface area contributed by atoms with Gasteiger partial charge in [-0.2, -0.15) is 0 Å². The highest BCUT2D eigenvalue weighted by atomic mass is 16.6. The first-order valence-electron chi connectivity index (χ1n) is 5.82. The Kier molecular flexibility index (Phi) is 3.40. The molecule has 1 aliphatic rings. The lowest BCUT2D eigenvalue weighted by molar-refractivity contribution is -0.385. The maximum atomic E-state index is 11.0. The summed E-state index contributed by atoms with van der Waals surface area (Å²) in [7, 11) is 0. The number of benzene rings is 1. The number of likely N-dealkylation sites (tertiary alicyclic amines) is 1. The molecular formula is C12H17N3O2. The van der Waals surface area contributed by atoms with Crippen LogP contribution in [0.25, 0.3) is 0 Å². The highest BCUT2D eigenvalue weighted by Crippen LogP contribution is 2.30. The van der Waals surface area contributed by atoms with Crippen LogP contribution in [0.5, 0.6) is 0 Å². The van der Waals surface area contributed by atoms with Gasteiger partial charge in [0.15, 0.2) is 0 Å². The number of hydrogen-bond acceptors (Lipinski definition) is 4. The van der Waals surface area contributed by atoms with Crippen LogP contribution in [0.15, 0.2) is 24.3 Å². The van der Waals surface area contributed by atoms with Gasteiger partial charge in [0.2, 0.25) is 0 Å². The lowest BCUT2D eigenvalue weighted by atomic mass is 10.1. The smallest absolute Gasteiger partial charge is 0.274 e. The first-order valence-corrected chi connectivity index (χ1v) is 5.82. The van der Waals surface area contributed by atoms with E-state index in [4.69, 9.17) is 5.73 Å². The van der Waals surface area contributed by atoms with Gasteiger partial charge in [-0.15, -0.1) is 0 Å². The number of nitrogens with zero attached hydrogens (tertiary/aromatic N) is 2. The molecule has 1 heterocycles. The SMILES string of the molecule is CC(c1ccccc1[N+](=O)[O-])N1CCC(N)C1. The highest BCUT2D eigenvalue weighted by Gasteiger charge is 2.28. The van der Waals surface area contributed by atoms with E-state index in [0.29, 0.717) is 0 Å². The van der Waals surface area contributed by atoms with Crippen molar-refractivity contribution in [3.8, 4) is 0 Å². The molecule has 1 aromatic rings. The average molecular weight is 235 g/mol. The van der Waals surface area contributed by atoms with Crippen LogP contribution in [-0.2, 0) is 0 Å². The largest absolute Gasteiger partial charge is 0.326 e. The third-order valence-electron chi connectivity index (χ3n) is 3.39. The van der Waals surface area contributed by atoms with Crippen LogP contribution in [0.4, 0.5) is 5.69 Å². The van der Waals surface area contributed by atoms with Gasteiger partial charge in [0, 0.05) is 36.8 Å². The molecule has 0 aliphatic carbocycles. The molecule has 2 atom stereocenters. The maximum absolute atomic E-state index is 11.0. The van der Waals surface area contributed by atoms with Crippen LogP contribution in [0.1, 0.15) is 24.9 Å². The van der Waals surface area contributed by atoms with Crippen LogP contribution in [0, 0.1) is 10.1 Å². The molecule has 2 rings (SSSR count). The van der Waals surface area contributed by atoms with Crippen LogP contribution in [0.2, 0.25) is 0 Å². The molecule has 1 saturated heterocycles. The predicted octanol–water partition coefficient (Wildman–Crippen LogP) is 1.69. The van der Waals surface area contributed by atoms with Gasteiger partial charge in [-0.25, -0.2) is 0 Å². The Hall–Kier alpha value is -1.46. The molecule has 0 radical (unpaired) electrons. The quantitative estimate of drug-likeness (QED) is 0.639. The second kappa shape index (κ2) is 4.81. The molecule has 1 aliphatic heterocycles. The standard InChI is InChI=1S/C12H17N3O2/c1-9(14-7-6-10(13)8-14)11-4-2-3-5-12(11)15(16)17/h2-5,9-10H,6-8,13H2,1H3. The molecule has 0 bridgehead atoms. The summed E-state index contributed by atoms with van der Waals surface area (Å²) in [6.07, 6.45) is 0.963. The topological polar surface area (TPSA) is 72.4 Å². The summed E-state index contributed by atoms with van der Waals surface area (Å²) in [6, 6.07) is 7.17. The third kappa shape index (κ3) is 2.45. The van der Waals surface area contributed by atoms with Gasteiger partial charge < -0.3 is 5.73 Å². The number of rotatable bonds is 3. The Bertz CT molecular complexity index is 422. The highest BCUT2D eigenvalue weighted by molar-refractivity contribution is 5.41. The lowest BCUT2D eigenvalue weighted by Crippen LogP contribution is -2.29. The molecule has 2 N–H and O–H groups in total.